The van der Waals surface area contributed by atoms with Gasteiger partial charge >= 0.3 is 0 Å². The third kappa shape index (κ3) is 5.27. The first-order chi connectivity index (χ1) is 9.78. The molecule has 1 heterocycles. The Balaban J connectivity index is 1.89. The van der Waals surface area contributed by atoms with E-state index < -0.39 is 0 Å². The van der Waals surface area contributed by atoms with Gasteiger partial charge in [-0.3, -0.25) is 0 Å². The summed E-state index contributed by atoms with van der Waals surface area (Å²) < 4.78 is 0. The van der Waals surface area contributed by atoms with E-state index in [1.807, 2.05) is 11.8 Å². The van der Waals surface area contributed by atoms with E-state index in [4.69, 9.17) is 0 Å². The highest BCUT2D eigenvalue weighted by Gasteiger charge is 2.11. The largest absolute Gasteiger partial charge is 0.313 e. The molecular formula is C16H22N2S2. The molecule has 0 saturated heterocycles. The number of benzene rings is 1. The smallest absolute Gasteiger partial charge is 0.0897 e. The Morgan fingerprint density at radius 3 is 2.75 bits per heavy atom. The Morgan fingerprint density at radius 1 is 1.30 bits per heavy atom. The maximum absolute atomic E-state index is 4.58. The molecule has 2 aromatic rings. The molecule has 0 radical (unpaired) electrons. The van der Waals surface area contributed by atoms with Crippen LogP contribution in [-0.2, 0) is 6.42 Å². The fraction of sp³-hybridized carbons (Fsp3) is 0.438. The lowest BCUT2D eigenvalue weighted by atomic mass is 10.2. The zero-order valence-electron chi connectivity index (χ0n) is 12.1. The second-order valence-electron chi connectivity index (χ2n) is 4.84. The molecule has 2 nitrogen and oxygen atoms in total. The Labute approximate surface area is 130 Å². The minimum atomic E-state index is 0.488. The van der Waals surface area contributed by atoms with Crippen LogP contribution >= 0.6 is 23.1 Å². The summed E-state index contributed by atoms with van der Waals surface area (Å²) in [6, 6.07) is 11.1. The van der Waals surface area contributed by atoms with Crippen molar-refractivity contribution in [2.24, 2.45) is 0 Å². The standard InChI is InChI=1S/C16H22N2S2/c1-3-9-17-14(10-15-12-19-13(2)18-15)11-20-16-7-5-4-6-8-16/h4-8,12,14,17H,3,9-11H2,1-2H3. The third-order valence-corrected chi connectivity index (χ3v) is 5.00. The SMILES string of the molecule is CCCNC(CSc1ccccc1)Cc1csc(C)n1. The topological polar surface area (TPSA) is 24.9 Å². The minimum Gasteiger partial charge on any atom is -0.313 e. The van der Waals surface area contributed by atoms with Crippen LogP contribution in [0.1, 0.15) is 24.0 Å². The molecule has 1 N–H and O–H groups in total. The number of aryl methyl sites for hydroxylation is 1. The van der Waals surface area contributed by atoms with Crippen molar-refractivity contribution in [3.05, 3.63) is 46.4 Å². The summed E-state index contributed by atoms with van der Waals surface area (Å²) in [7, 11) is 0. The number of rotatable bonds is 8. The summed E-state index contributed by atoms with van der Waals surface area (Å²) in [5, 5.41) is 6.98. The molecule has 1 unspecified atom stereocenters. The van der Waals surface area contributed by atoms with Crippen molar-refractivity contribution in [2.45, 2.75) is 37.6 Å². The average molecular weight is 307 g/mol. The lowest BCUT2D eigenvalue weighted by Gasteiger charge is -2.17. The summed E-state index contributed by atoms with van der Waals surface area (Å²) in [4.78, 5) is 5.92. The molecular weight excluding hydrogens is 284 g/mol. The quantitative estimate of drug-likeness (QED) is 0.742. The normalized spacial score (nSPS) is 12.5. The maximum Gasteiger partial charge on any atom is 0.0897 e. The van der Waals surface area contributed by atoms with Crippen LogP contribution in [0.3, 0.4) is 0 Å². The zero-order valence-corrected chi connectivity index (χ0v) is 13.8. The molecule has 0 aliphatic carbocycles. The average Bonchev–Trinajstić information content (AvgIpc) is 2.88. The van der Waals surface area contributed by atoms with Crippen LogP contribution in [0.2, 0.25) is 0 Å². The van der Waals surface area contributed by atoms with Crippen LogP contribution in [-0.4, -0.2) is 23.3 Å². The van der Waals surface area contributed by atoms with Gasteiger partial charge in [0.2, 0.25) is 0 Å². The number of thioether (sulfide) groups is 1. The first kappa shape index (κ1) is 15.5. The first-order valence-corrected chi connectivity index (χ1v) is 8.96. The van der Waals surface area contributed by atoms with E-state index in [-0.39, 0.29) is 0 Å². The van der Waals surface area contributed by atoms with Gasteiger partial charge in [-0.2, -0.15) is 0 Å². The van der Waals surface area contributed by atoms with Gasteiger partial charge in [0.15, 0.2) is 0 Å². The second kappa shape index (κ2) is 8.45. The zero-order chi connectivity index (χ0) is 14.2. The third-order valence-electron chi connectivity index (χ3n) is 3.00. The Morgan fingerprint density at radius 2 is 2.10 bits per heavy atom. The van der Waals surface area contributed by atoms with Gasteiger partial charge in [0, 0.05) is 28.5 Å². The molecule has 0 aliphatic heterocycles. The highest BCUT2D eigenvalue weighted by atomic mass is 32.2. The predicted molar refractivity (Wildman–Crippen MR) is 89.8 cm³/mol. The van der Waals surface area contributed by atoms with E-state index in [1.54, 1.807) is 11.3 Å². The van der Waals surface area contributed by atoms with Gasteiger partial charge in [0.05, 0.1) is 10.7 Å². The van der Waals surface area contributed by atoms with Crippen LogP contribution in [0.25, 0.3) is 0 Å². The summed E-state index contributed by atoms with van der Waals surface area (Å²) in [6.07, 6.45) is 2.19. The summed E-state index contributed by atoms with van der Waals surface area (Å²) in [5.41, 5.74) is 1.22. The van der Waals surface area contributed by atoms with Crippen LogP contribution in [0.5, 0.6) is 0 Å². The second-order valence-corrected chi connectivity index (χ2v) is 6.99. The van der Waals surface area contributed by atoms with Gasteiger partial charge < -0.3 is 5.32 Å². The fourth-order valence-corrected chi connectivity index (χ4v) is 3.61. The summed E-state index contributed by atoms with van der Waals surface area (Å²) >= 11 is 3.66. The summed E-state index contributed by atoms with van der Waals surface area (Å²) in [5.74, 6) is 1.08. The maximum atomic E-state index is 4.58. The predicted octanol–water partition coefficient (Wildman–Crippen LogP) is 4.15. The van der Waals surface area contributed by atoms with E-state index >= 15 is 0 Å². The summed E-state index contributed by atoms with van der Waals surface area (Å²) in [6.45, 7) is 5.35. The van der Waals surface area contributed by atoms with Crippen LogP contribution in [0.15, 0.2) is 40.6 Å². The van der Waals surface area contributed by atoms with E-state index in [9.17, 15) is 0 Å². The van der Waals surface area contributed by atoms with E-state index in [2.05, 4.69) is 59.9 Å². The van der Waals surface area contributed by atoms with Gasteiger partial charge in [-0.05, 0) is 32.0 Å². The molecule has 0 fully saturated rings. The number of hydrogen-bond donors (Lipinski definition) is 1. The molecule has 0 spiro atoms. The van der Waals surface area contributed by atoms with Gasteiger partial charge in [-0.25, -0.2) is 4.98 Å². The molecule has 0 aliphatic rings. The highest BCUT2D eigenvalue weighted by Crippen LogP contribution is 2.19. The lowest BCUT2D eigenvalue weighted by Crippen LogP contribution is -2.34. The van der Waals surface area contributed by atoms with E-state index in [0.717, 1.165) is 23.7 Å². The minimum absolute atomic E-state index is 0.488. The molecule has 0 saturated carbocycles. The number of nitrogens with one attached hydrogen (secondary N) is 1. The lowest BCUT2D eigenvalue weighted by molar-refractivity contribution is 0.546. The van der Waals surface area contributed by atoms with Crippen molar-refractivity contribution in [1.29, 1.82) is 0 Å². The first-order valence-electron chi connectivity index (χ1n) is 7.10. The van der Waals surface area contributed by atoms with Crippen molar-refractivity contribution < 1.29 is 0 Å². The van der Waals surface area contributed by atoms with E-state index in [1.165, 1.54) is 17.0 Å². The fourth-order valence-electron chi connectivity index (χ4n) is 2.01. The van der Waals surface area contributed by atoms with Crippen LogP contribution < -0.4 is 5.32 Å². The van der Waals surface area contributed by atoms with Gasteiger partial charge in [0.1, 0.15) is 0 Å². The Kier molecular flexibility index (Phi) is 6.57. The van der Waals surface area contributed by atoms with E-state index in [0.29, 0.717) is 6.04 Å². The monoisotopic (exact) mass is 306 g/mol. The Bertz CT molecular complexity index is 496. The molecule has 0 bridgehead atoms. The van der Waals surface area contributed by atoms with Crippen LogP contribution in [0.4, 0.5) is 0 Å². The molecule has 2 rings (SSSR count). The van der Waals surface area contributed by atoms with Crippen molar-refractivity contribution in [2.75, 3.05) is 12.3 Å². The molecule has 1 aromatic heterocycles. The number of nitrogens with zero attached hydrogens (tertiary/aromatic N) is 1. The Hall–Kier alpha value is -0.840. The molecule has 108 valence electrons. The van der Waals surface area contributed by atoms with Crippen molar-refractivity contribution in [1.82, 2.24) is 10.3 Å². The van der Waals surface area contributed by atoms with Gasteiger partial charge in [-0.15, -0.1) is 23.1 Å². The number of aromatic nitrogens is 1. The van der Waals surface area contributed by atoms with Gasteiger partial charge in [0.25, 0.3) is 0 Å². The van der Waals surface area contributed by atoms with Crippen molar-refractivity contribution in [3.63, 3.8) is 0 Å². The number of thiazole rings is 1. The van der Waals surface area contributed by atoms with Crippen molar-refractivity contribution in [3.8, 4) is 0 Å². The van der Waals surface area contributed by atoms with Crippen LogP contribution in [0, 0.1) is 6.92 Å². The van der Waals surface area contributed by atoms with Gasteiger partial charge in [-0.1, -0.05) is 25.1 Å². The molecule has 20 heavy (non-hydrogen) atoms. The molecule has 1 atom stereocenters. The molecule has 0 amide bonds. The molecule has 1 aromatic carbocycles. The highest BCUT2D eigenvalue weighted by molar-refractivity contribution is 7.99. The van der Waals surface area contributed by atoms with Crippen molar-refractivity contribution >= 4 is 23.1 Å². The number of hydrogen-bond acceptors (Lipinski definition) is 4. The molecule has 4 heteroatoms.